The van der Waals surface area contributed by atoms with Gasteiger partial charge in [0.1, 0.15) is 6.04 Å². The van der Waals surface area contributed by atoms with E-state index in [2.05, 4.69) is 9.97 Å². The predicted octanol–water partition coefficient (Wildman–Crippen LogP) is -1.28. The molecule has 1 rings (SSSR count). The first kappa shape index (κ1) is 11.6. The van der Waals surface area contributed by atoms with E-state index in [-0.39, 0.29) is 36.0 Å². The van der Waals surface area contributed by atoms with Gasteiger partial charge in [-0.2, -0.15) is 0 Å². The number of rotatable bonds is 3. The van der Waals surface area contributed by atoms with Gasteiger partial charge in [-0.1, -0.05) is 0 Å². The van der Waals surface area contributed by atoms with Crippen LogP contribution in [0.15, 0.2) is 12.5 Å². The molecule has 5 nitrogen and oxygen atoms in total. The van der Waals surface area contributed by atoms with Gasteiger partial charge in [0.25, 0.3) is 0 Å². The molecule has 0 unspecified atom stereocenters. The van der Waals surface area contributed by atoms with Crippen molar-refractivity contribution in [1.29, 1.82) is 0 Å². The number of nitrogens with one attached hydrogen (secondary N) is 1. The van der Waals surface area contributed by atoms with Crippen LogP contribution in [0.2, 0.25) is 0 Å². The van der Waals surface area contributed by atoms with Crippen molar-refractivity contribution in [1.82, 2.24) is 9.97 Å². The summed E-state index contributed by atoms with van der Waals surface area (Å²) in [4.78, 5) is 16.8. The Balaban J connectivity index is 0.00000121. The summed E-state index contributed by atoms with van der Waals surface area (Å²) in [5.41, 5.74) is 6.00. The Morgan fingerprint density at radius 3 is 2.92 bits per heavy atom. The molecule has 0 aromatic carbocycles. The van der Waals surface area contributed by atoms with E-state index in [1.165, 1.54) is 6.33 Å². The predicted molar refractivity (Wildman–Crippen MR) is 45.1 cm³/mol. The van der Waals surface area contributed by atoms with Crippen LogP contribution < -0.4 is 5.73 Å². The third kappa shape index (κ3) is 3.36. The number of hydrogen-bond acceptors (Lipinski definition) is 3. The molecule has 0 fully saturated rings. The number of H-pyrrole nitrogens is 1. The van der Waals surface area contributed by atoms with Crippen LogP contribution in [0.25, 0.3) is 0 Å². The van der Waals surface area contributed by atoms with Crippen LogP contribution in [0.5, 0.6) is 0 Å². The number of aliphatic carboxylic acids is 1. The molecule has 0 radical (unpaired) electrons. The number of imidazole rings is 1. The molecule has 4 N–H and O–H groups in total. The minimum atomic E-state index is -1.00. The Bertz CT molecular complexity index is 237. The Labute approximate surface area is 91.7 Å². The van der Waals surface area contributed by atoms with Gasteiger partial charge in [-0.05, 0) is 0 Å². The summed E-state index contributed by atoms with van der Waals surface area (Å²) in [5, 5.41) is 8.42. The van der Waals surface area contributed by atoms with Crippen LogP contribution in [0.4, 0.5) is 0 Å². The molecule has 62 valence electrons. The van der Waals surface area contributed by atoms with Gasteiger partial charge in [0.05, 0.1) is 6.33 Å². The molecule has 0 spiro atoms. The number of aromatic nitrogens is 2. The molecule has 1 aromatic rings. The first-order valence-electron chi connectivity index (χ1n) is 3.16. The monoisotopic (exact) mass is 179 g/mol. The average molecular weight is 179 g/mol. The molecule has 0 aliphatic carbocycles. The molecule has 0 saturated heterocycles. The second kappa shape index (κ2) is 5.31. The summed E-state index contributed by atoms with van der Waals surface area (Å²) in [6, 6.07) is -0.851. The van der Waals surface area contributed by atoms with Crippen molar-refractivity contribution in [3.63, 3.8) is 0 Å². The van der Waals surface area contributed by atoms with E-state index >= 15 is 0 Å². The Hall–Kier alpha value is -0.360. The van der Waals surface area contributed by atoms with Crippen LogP contribution in [-0.4, -0.2) is 56.6 Å². The zero-order valence-corrected chi connectivity index (χ0v) is 5.82. The van der Waals surface area contributed by atoms with E-state index < -0.39 is 12.0 Å². The van der Waals surface area contributed by atoms with Crippen molar-refractivity contribution < 1.29 is 9.90 Å². The summed E-state index contributed by atoms with van der Waals surface area (Å²) in [7, 11) is 0. The molecule has 0 bridgehead atoms. The topological polar surface area (TPSA) is 92.0 Å². The summed E-state index contributed by atoms with van der Waals surface area (Å²) >= 11 is 0. The van der Waals surface area contributed by atoms with Gasteiger partial charge < -0.3 is 15.8 Å². The Morgan fingerprint density at radius 2 is 2.50 bits per heavy atom. The number of carboxylic acid groups (broad SMARTS) is 1. The molecule has 1 heterocycles. The molecule has 0 saturated carbocycles. The van der Waals surface area contributed by atoms with E-state index in [1.54, 1.807) is 6.20 Å². The third-order valence-electron chi connectivity index (χ3n) is 1.31. The molecular weight excluding hydrogens is 169 g/mol. The molecule has 1 atom stereocenters. The van der Waals surface area contributed by atoms with Crippen molar-refractivity contribution in [3.8, 4) is 0 Å². The second-order valence-corrected chi connectivity index (χ2v) is 2.23. The van der Waals surface area contributed by atoms with E-state index in [1.807, 2.05) is 0 Å². The van der Waals surface area contributed by atoms with Gasteiger partial charge in [-0.25, -0.2) is 4.98 Å². The zero-order chi connectivity index (χ0) is 8.27. The van der Waals surface area contributed by atoms with E-state index in [4.69, 9.17) is 10.8 Å². The van der Waals surface area contributed by atoms with Gasteiger partial charge in [-0.15, -0.1) is 0 Å². The van der Waals surface area contributed by atoms with Gasteiger partial charge in [0.15, 0.2) is 0 Å². The van der Waals surface area contributed by atoms with Crippen molar-refractivity contribution in [3.05, 3.63) is 18.2 Å². The second-order valence-electron chi connectivity index (χ2n) is 2.23. The molecule has 12 heavy (non-hydrogen) atoms. The summed E-state index contributed by atoms with van der Waals surface area (Å²) in [6.07, 6.45) is 3.34. The van der Waals surface area contributed by atoms with Crippen LogP contribution in [-0.2, 0) is 11.2 Å². The van der Waals surface area contributed by atoms with Crippen molar-refractivity contribution in [2.45, 2.75) is 12.5 Å². The molecule has 0 aliphatic heterocycles. The third-order valence-corrected chi connectivity index (χ3v) is 1.31. The number of nitrogens with two attached hydrogens (primary N) is 1. The van der Waals surface area contributed by atoms with Gasteiger partial charge in [0.2, 0.25) is 0 Å². The first-order valence-corrected chi connectivity index (χ1v) is 3.16. The van der Waals surface area contributed by atoms with E-state index in [0.717, 1.165) is 5.69 Å². The fourth-order valence-electron chi connectivity index (χ4n) is 0.721. The molecular formula is C6H10N3NaO2. The van der Waals surface area contributed by atoms with Crippen molar-refractivity contribution in [2.24, 2.45) is 5.73 Å². The fraction of sp³-hybridized carbons (Fsp3) is 0.333. The minimum absolute atomic E-state index is 0. The normalized spacial score (nSPS) is 11.8. The fourth-order valence-corrected chi connectivity index (χ4v) is 0.721. The van der Waals surface area contributed by atoms with Crippen LogP contribution >= 0.6 is 0 Å². The number of carbonyl (C=O) groups is 1. The summed E-state index contributed by atoms with van der Waals surface area (Å²) in [5.74, 6) is -1.00. The van der Waals surface area contributed by atoms with E-state index in [0.29, 0.717) is 0 Å². The molecule has 0 aliphatic rings. The van der Waals surface area contributed by atoms with Crippen LogP contribution in [0.3, 0.4) is 0 Å². The summed E-state index contributed by atoms with van der Waals surface area (Å²) in [6.45, 7) is 0. The molecule has 1 aromatic heterocycles. The maximum absolute atomic E-state index is 10.3. The quantitative estimate of drug-likeness (QED) is 0.504. The summed E-state index contributed by atoms with van der Waals surface area (Å²) < 4.78 is 0. The average Bonchev–Trinajstić information content (AvgIpc) is 2.39. The maximum atomic E-state index is 10.3. The number of carboxylic acids is 1. The number of aromatic amines is 1. The Kier molecular flexibility index (Phi) is 5.16. The SMILES string of the molecule is N[C@@H](Cc1cnc[nH]1)C(=O)O.[NaH]. The standard InChI is InChI=1S/C6H9N3O2.Na.H/c7-5(6(10)11)1-4-2-8-3-9-4;;/h2-3,5H,1,7H2,(H,8,9)(H,10,11);;/t5-;;/m0../s1. The van der Waals surface area contributed by atoms with Gasteiger partial charge in [-0.3, -0.25) is 4.79 Å². The van der Waals surface area contributed by atoms with Crippen molar-refractivity contribution >= 4 is 35.5 Å². The first-order chi connectivity index (χ1) is 5.20. The van der Waals surface area contributed by atoms with Crippen LogP contribution in [0, 0.1) is 0 Å². The van der Waals surface area contributed by atoms with Crippen LogP contribution in [0.1, 0.15) is 5.69 Å². The van der Waals surface area contributed by atoms with Gasteiger partial charge in [0, 0.05) is 18.3 Å². The van der Waals surface area contributed by atoms with Gasteiger partial charge >= 0.3 is 35.5 Å². The zero-order valence-electron chi connectivity index (χ0n) is 5.82. The van der Waals surface area contributed by atoms with Crippen molar-refractivity contribution in [2.75, 3.05) is 0 Å². The number of hydrogen-bond donors (Lipinski definition) is 3. The molecule has 6 heteroatoms. The number of nitrogens with zero attached hydrogens (tertiary/aromatic N) is 1. The Morgan fingerprint density at radius 1 is 1.83 bits per heavy atom. The van der Waals surface area contributed by atoms with E-state index in [9.17, 15) is 4.79 Å². The molecule has 0 amide bonds.